The highest BCUT2D eigenvalue weighted by Gasteiger charge is 2.25. The molecule has 3 rings (SSSR count). The first-order valence-corrected chi connectivity index (χ1v) is 12.3. The molecule has 0 aliphatic heterocycles. The molecule has 0 spiro atoms. The van der Waals surface area contributed by atoms with E-state index >= 15 is 0 Å². The number of nitrogens with zero attached hydrogens (tertiary/aromatic N) is 3. The van der Waals surface area contributed by atoms with Gasteiger partial charge < -0.3 is 14.7 Å². The zero-order valence-corrected chi connectivity index (χ0v) is 20.9. The Hall–Kier alpha value is -2.95. The summed E-state index contributed by atoms with van der Waals surface area (Å²) in [7, 11) is -2.39. The van der Waals surface area contributed by atoms with Gasteiger partial charge in [-0.2, -0.15) is 13.5 Å². The van der Waals surface area contributed by atoms with Crippen molar-refractivity contribution in [2.75, 3.05) is 20.2 Å². The predicted octanol–water partition coefficient (Wildman–Crippen LogP) is 3.65. The molecule has 1 amide bonds. The molecule has 1 atom stereocenters. The van der Waals surface area contributed by atoms with Crippen molar-refractivity contribution in [3.05, 3.63) is 59.8 Å². The first kappa shape index (κ1) is 25.7. The van der Waals surface area contributed by atoms with Crippen LogP contribution in [0.25, 0.3) is 10.9 Å². The van der Waals surface area contributed by atoms with Crippen LogP contribution in [0, 0.1) is 6.92 Å². The van der Waals surface area contributed by atoms with Crippen molar-refractivity contribution in [1.82, 2.24) is 14.7 Å². The Bertz CT molecular complexity index is 1250. The van der Waals surface area contributed by atoms with E-state index in [-0.39, 0.29) is 24.6 Å². The minimum Gasteiger partial charge on any atom is -0.444 e. The number of hydrogen-bond donors (Lipinski definition) is 1. The number of ether oxygens (including phenoxy) is 1. The zero-order chi connectivity index (χ0) is 25.1. The van der Waals surface area contributed by atoms with Crippen LogP contribution in [-0.4, -0.2) is 60.1 Å². The number of amides is 1. The molecule has 1 heterocycles. The Kier molecular flexibility index (Phi) is 7.64. The van der Waals surface area contributed by atoms with Crippen LogP contribution >= 0.6 is 0 Å². The minimum atomic E-state index is -3.93. The number of carbonyl (C=O) groups excluding carboxylic acids is 1. The molecule has 9 nitrogen and oxygen atoms in total. The quantitative estimate of drug-likeness (QED) is 0.481. The van der Waals surface area contributed by atoms with Crippen LogP contribution in [0.5, 0.6) is 0 Å². The van der Waals surface area contributed by atoms with Gasteiger partial charge in [0.2, 0.25) is 0 Å². The number of hydrogen-bond acceptors (Lipinski definition) is 7. The average Bonchev–Trinajstić information content (AvgIpc) is 3.11. The van der Waals surface area contributed by atoms with E-state index in [0.717, 1.165) is 5.56 Å². The first-order chi connectivity index (χ1) is 15.9. The third kappa shape index (κ3) is 6.34. The van der Waals surface area contributed by atoms with Crippen LogP contribution in [0.2, 0.25) is 0 Å². The molecule has 34 heavy (non-hydrogen) atoms. The number of likely N-dealkylation sites (N-methyl/N-ethyl adjacent to an activating group) is 1. The molecule has 0 aliphatic carbocycles. The molecule has 2 aromatic carbocycles. The second kappa shape index (κ2) is 10.1. The fourth-order valence-corrected chi connectivity index (χ4v) is 4.29. The predicted molar refractivity (Wildman–Crippen MR) is 128 cm³/mol. The molecule has 0 saturated heterocycles. The molecule has 184 valence electrons. The highest BCUT2D eigenvalue weighted by Crippen LogP contribution is 2.25. The van der Waals surface area contributed by atoms with Crippen LogP contribution in [-0.2, 0) is 25.6 Å². The van der Waals surface area contributed by atoms with Crippen molar-refractivity contribution >= 4 is 27.1 Å². The molecule has 10 heteroatoms. The molecule has 0 unspecified atom stereocenters. The third-order valence-corrected chi connectivity index (χ3v) is 6.33. The zero-order valence-electron chi connectivity index (χ0n) is 20.1. The van der Waals surface area contributed by atoms with Gasteiger partial charge in [-0.25, -0.2) is 4.79 Å². The molecule has 0 radical (unpaired) electrons. The van der Waals surface area contributed by atoms with E-state index in [9.17, 15) is 18.3 Å². The van der Waals surface area contributed by atoms with Gasteiger partial charge in [0.15, 0.2) is 0 Å². The molecular weight excluding hydrogens is 458 g/mol. The van der Waals surface area contributed by atoms with E-state index in [1.807, 2.05) is 25.1 Å². The van der Waals surface area contributed by atoms with Gasteiger partial charge in [-0.1, -0.05) is 35.9 Å². The fraction of sp³-hybridized carbons (Fsp3) is 0.417. The van der Waals surface area contributed by atoms with Gasteiger partial charge in [-0.3, -0.25) is 8.86 Å². The maximum absolute atomic E-state index is 12.5. The van der Waals surface area contributed by atoms with Gasteiger partial charge in [0.25, 0.3) is 10.1 Å². The van der Waals surface area contributed by atoms with Crippen molar-refractivity contribution in [3.8, 4) is 0 Å². The SMILES string of the molecule is Cc1ccc(S(=O)(=O)OCCn2nc3ccccc3c2[C@@H](O)CN(C)C(=O)OC(C)(C)C)cc1. The summed E-state index contributed by atoms with van der Waals surface area (Å²) in [5.41, 5.74) is 1.38. The van der Waals surface area contributed by atoms with Crippen LogP contribution in [0.1, 0.15) is 38.1 Å². The highest BCUT2D eigenvalue weighted by atomic mass is 32.2. The van der Waals surface area contributed by atoms with Gasteiger partial charge in [0.05, 0.1) is 35.8 Å². The van der Waals surface area contributed by atoms with Crippen LogP contribution in [0.4, 0.5) is 4.79 Å². The summed E-state index contributed by atoms with van der Waals surface area (Å²) in [6.07, 6.45) is -1.65. The molecule has 0 aliphatic rings. The number of aryl methyl sites for hydroxylation is 1. The largest absolute Gasteiger partial charge is 0.444 e. The smallest absolute Gasteiger partial charge is 0.410 e. The maximum Gasteiger partial charge on any atom is 0.410 e. The lowest BCUT2D eigenvalue weighted by Crippen LogP contribution is -2.37. The molecule has 3 aromatic rings. The fourth-order valence-electron chi connectivity index (χ4n) is 3.39. The Morgan fingerprint density at radius 1 is 1.15 bits per heavy atom. The Morgan fingerprint density at radius 2 is 1.79 bits per heavy atom. The number of aliphatic hydroxyl groups is 1. The van der Waals surface area contributed by atoms with Crippen molar-refractivity contribution in [2.24, 2.45) is 0 Å². The van der Waals surface area contributed by atoms with Crippen LogP contribution in [0.15, 0.2) is 53.4 Å². The lowest BCUT2D eigenvalue weighted by atomic mass is 10.1. The Balaban J connectivity index is 1.77. The van der Waals surface area contributed by atoms with E-state index in [1.165, 1.54) is 28.8 Å². The third-order valence-electron chi connectivity index (χ3n) is 5.01. The van der Waals surface area contributed by atoms with Crippen molar-refractivity contribution in [3.63, 3.8) is 0 Å². The molecule has 0 bridgehead atoms. The normalized spacial score (nSPS) is 13.1. The van der Waals surface area contributed by atoms with Gasteiger partial charge in [0.1, 0.15) is 11.7 Å². The van der Waals surface area contributed by atoms with E-state index in [1.54, 1.807) is 39.0 Å². The monoisotopic (exact) mass is 489 g/mol. The van der Waals surface area contributed by atoms with Gasteiger partial charge in [-0.15, -0.1) is 0 Å². The first-order valence-electron chi connectivity index (χ1n) is 10.9. The summed E-state index contributed by atoms with van der Waals surface area (Å²) in [5.74, 6) is 0. The van der Waals surface area contributed by atoms with Crippen LogP contribution < -0.4 is 0 Å². The highest BCUT2D eigenvalue weighted by molar-refractivity contribution is 7.86. The summed E-state index contributed by atoms with van der Waals surface area (Å²) in [6, 6.07) is 13.6. The van der Waals surface area contributed by atoms with Gasteiger partial charge in [-0.05, 0) is 45.9 Å². The number of benzene rings is 2. The Morgan fingerprint density at radius 3 is 2.44 bits per heavy atom. The minimum absolute atomic E-state index is 0.0346. The van der Waals surface area contributed by atoms with Crippen molar-refractivity contribution < 1.29 is 27.2 Å². The second-order valence-corrected chi connectivity index (χ2v) is 10.7. The van der Waals surface area contributed by atoms with Crippen molar-refractivity contribution in [2.45, 2.75) is 50.8 Å². The summed E-state index contributed by atoms with van der Waals surface area (Å²) >= 11 is 0. The lowest BCUT2D eigenvalue weighted by molar-refractivity contribution is 0.0198. The molecule has 0 fully saturated rings. The van der Waals surface area contributed by atoms with Crippen LogP contribution in [0.3, 0.4) is 0 Å². The lowest BCUT2D eigenvalue weighted by Gasteiger charge is -2.26. The number of carbonyl (C=O) groups is 1. The van der Waals surface area contributed by atoms with E-state index in [2.05, 4.69) is 5.10 Å². The van der Waals surface area contributed by atoms with Gasteiger partial charge >= 0.3 is 6.09 Å². The van der Waals surface area contributed by atoms with E-state index in [4.69, 9.17) is 8.92 Å². The number of aliphatic hydroxyl groups excluding tert-OH is 1. The number of aromatic nitrogens is 2. The topological polar surface area (TPSA) is 111 Å². The molecule has 0 saturated carbocycles. The van der Waals surface area contributed by atoms with Crippen molar-refractivity contribution in [1.29, 1.82) is 0 Å². The maximum atomic E-state index is 12.5. The van der Waals surface area contributed by atoms with Gasteiger partial charge in [0, 0.05) is 12.4 Å². The van der Waals surface area contributed by atoms with E-state index < -0.39 is 27.9 Å². The summed E-state index contributed by atoms with van der Waals surface area (Å²) < 4.78 is 37.1. The average molecular weight is 490 g/mol. The molecule has 1 N–H and O–H groups in total. The number of rotatable bonds is 8. The van der Waals surface area contributed by atoms with E-state index in [0.29, 0.717) is 16.6 Å². The molecule has 1 aromatic heterocycles. The summed E-state index contributed by atoms with van der Waals surface area (Å²) in [4.78, 5) is 13.7. The second-order valence-electron chi connectivity index (χ2n) is 9.09. The number of fused-ring (bicyclic) bond motifs is 1. The summed E-state index contributed by atoms with van der Waals surface area (Å²) in [6.45, 7) is 7.04. The Labute approximate surface area is 200 Å². The standard InChI is InChI=1S/C24H31N3O6S/c1-17-10-12-18(13-11-17)34(30,31)32-15-14-27-22(19-8-6-7-9-20(19)25-27)21(28)16-26(5)23(29)33-24(2,3)4/h6-13,21,28H,14-16H2,1-5H3/t21-/m0/s1. The molecular formula is C24H31N3O6S. The summed E-state index contributed by atoms with van der Waals surface area (Å²) in [5, 5.41) is 16.2.